The highest BCUT2D eigenvalue weighted by molar-refractivity contribution is 6.08. The number of carbonyl (C=O) groups excluding carboxylic acids is 3. The van der Waals surface area contributed by atoms with E-state index in [4.69, 9.17) is 0 Å². The Morgan fingerprint density at radius 1 is 1.53 bits per heavy atom. The summed E-state index contributed by atoms with van der Waals surface area (Å²) in [4.78, 5) is 38.3. The molecule has 2 aliphatic rings. The standard InChI is InChI=1S/C12H19N3O4/c1-3-12(2)10(18)15(11(19)13-12)7-9(17)14-5-4-8(16)6-14/h8,16H,3-7H2,1-2H3,(H,13,19). The van der Waals surface area contributed by atoms with Gasteiger partial charge in [0.2, 0.25) is 5.91 Å². The predicted molar refractivity (Wildman–Crippen MR) is 66.1 cm³/mol. The highest BCUT2D eigenvalue weighted by atomic mass is 16.3. The summed E-state index contributed by atoms with van der Waals surface area (Å²) in [5.74, 6) is -0.673. The van der Waals surface area contributed by atoms with Gasteiger partial charge >= 0.3 is 6.03 Å². The van der Waals surface area contributed by atoms with Crippen molar-refractivity contribution < 1.29 is 19.5 Å². The maximum absolute atomic E-state index is 12.1. The number of nitrogens with one attached hydrogen (secondary N) is 1. The van der Waals surface area contributed by atoms with Crippen molar-refractivity contribution in [3.05, 3.63) is 0 Å². The van der Waals surface area contributed by atoms with E-state index in [1.54, 1.807) is 13.8 Å². The number of urea groups is 1. The number of rotatable bonds is 3. The molecule has 0 radical (unpaired) electrons. The van der Waals surface area contributed by atoms with Crippen LogP contribution >= 0.6 is 0 Å². The second-order valence-corrected chi connectivity index (χ2v) is 5.29. The number of aliphatic hydroxyl groups excluding tert-OH is 1. The van der Waals surface area contributed by atoms with Crippen molar-refractivity contribution in [3.63, 3.8) is 0 Å². The van der Waals surface area contributed by atoms with Gasteiger partial charge in [-0.1, -0.05) is 6.92 Å². The van der Waals surface area contributed by atoms with Gasteiger partial charge in [0.1, 0.15) is 12.1 Å². The van der Waals surface area contributed by atoms with Crippen LogP contribution in [0, 0.1) is 0 Å². The molecular formula is C12H19N3O4. The molecule has 106 valence electrons. The van der Waals surface area contributed by atoms with Crippen LogP contribution in [0.4, 0.5) is 4.79 Å². The maximum atomic E-state index is 12.1. The molecular weight excluding hydrogens is 250 g/mol. The van der Waals surface area contributed by atoms with Crippen molar-refractivity contribution in [2.45, 2.75) is 38.3 Å². The zero-order valence-electron chi connectivity index (χ0n) is 11.2. The Morgan fingerprint density at radius 2 is 2.21 bits per heavy atom. The molecule has 19 heavy (non-hydrogen) atoms. The fourth-order valence-corrected chi connectivity index (χ4v) is 2.33. The Hall–Kier alpha value is -1.63. The first-order chi connectivity index (χ1) is 8.87. The van der Waals surface area contributed by atoms with Crippen LogP contribution in [-0.2, 0) is 9.59 Å². The molecule has 4 amide bonds. The molecule has 2 saturated heterocycles. The molecule has 2 fully saturated rings. The van der Waals surface area contributed by atoms with E-state index in [0.29, 0.717) is 19.4 Å². The second-order valence-electron chi connectivity index (χ2n) is 5.29. The Bertz CT molecular complexity index is 425. The number of hydrogen-bond donors (Lipinski definition) is 2. The van der Waals surface area contributed by atoms with Gasteiger partial charge in [0.15, 0.2) is 0 Å². The first kappa shape index (κ1) is 13.8. The number of amides is 4. The number of likely N-dealkylation sites (tertiary alicyclic amines) is 1. The number of hydrogen-bond acceptors (Lipinski definition) is 4. The minimum atomic E-state index is -0.915. The number of nitrogens with zero attached hydrogens (tertiary/aromatic N) is 2. The first-order valence-corrected chi connectivity index (χ1v) is 6.47. The van der Waals surface area contributed by atoms with E-state index in [1.807, 2.05) is 0 Å². The predicted octanol–water partition coefficient (Wildman–Crippen LogP) is -0.700. The van der Waals surface area contributed by atoms with Gasteiger partial charge in [0.25, 0.3) is 5.91 Å². The van der Waals surface area contributed by atoms with Gasteiger partial charge in [-0.3, -0.25) is 14.5 Å². The third-order valence-electron chi connectivity index (χ3n) is 3.86. The normalized spacial score (nSPS) is 31.0. The summed E-state index contributed by atoms with van der Waals surface area (Å²) in [6.07, 6.45) is 0.511. The molecule has 0 aromatic carbocycles. The molecule has 0 aromatic rings. The molecule has 0 aromatic heterocycles. The zero-order valence-corrected chi connectivity index (χ0v) is 11.2. The summed E-state index contributed by atoms with van der Waals surface area (Å²) >= 11 is 0. The molecule has 0 aliphatic carbocycles. The van der Waals surface area contributed by atoms with E-state index in [-0.39, 0.29) is 24.9 Å². The van der Waals surface area contributed by atoms with Gasteiger partial charge in [0.05, 0.1) is 6.10 Å². The summed E-state index contributed by atoms with van der Waals surface area (Å²) in [7, 11) is 0. The third-order valence-corrected chi connectivity index (χ3v) is 3.86. The Balaban J connectivity index is 2.01. The summed E-state index contributed by atoms with van der Waals surface area (Å²) in [5.41, 5.74) is -0.915. The smallest absolute Gasteiger partial charge is 0.325 e. The van der Waals surface area contributed by atoms with Crippen molar-refractivity contribution >= 4 is 17.8 Å². The van der Waals surface area contributed by atoms with Gasteiger partial charge in [-0.25, -0.2) is 4.79 Å². The van der Waals surface area contributed by atoms with Crippen LogP contribution in [0.2, 0.25) is 0 Å². The molecule has 0 spiro atoms. The van der Waals surface area contributed by atoms with Crippen LogP contribution in [0.5, 0.6) is 0 Å². The van der Waals surface area contributed by atoms with Crippen LogP contribution in [0.1, 0.15) is 26.7 Å². The molecule has 2 aliphatic heterocycles. The highest BCUT2D eigenvalue weighted by Crippen LogP contribution is 2.21. The van der Waals surface area contributed by atoms with Gasteiger partial charge in [-0.05, 0) is 19.8 Å². The number of β-amino-alcohol motifs (C(OH)–C–C–N with tert-alkyl or cyclic N) is 1. The van der Waals surface area contributed by atoms with Crippen molar-refractivity contribution in [3.8, 4) is 0 Å². The van der Waals surface area contributed by atoms with Gasteiger partial charge in [0, 0.05) is 13.1 Å². The Morgan fingerprint density at radius 3 is 2.68 bits per heavy atom. The summed E-state index contributed by atoms with van der Waals surface area (Å²) in [6, 6.07) is -0.526. The first-order valence-electron chi connectivity index (χ1n) is 6.47. The van der Waals surface area contributed by atoms with E-state index in [1.165, 1.54) is 4.90 Å². The van der Waals surface area contributed by atoms with Gasteiger partial charge < -0.3 is 15.3 Å². The molecule has 2 heterocycles. The van der Waals surface area contributed by atoms with Crippen molar-refractivity contribution in [2.75, 3.05) is 19.6 Å². The van der Waals surface area contributed by atoms with E-state index >= 15 is 0 Å². The molecule has 2 atom stereocenters. The van der Waals surface area contributed by atoms with E-state index in [9.17, 15) is 19.5 Å². The van der Waals surface area contributed by atoms with E-state index in [2.05, 4.69) is 5.32 Å². The lowest BCUT2D eigenvalue weighted by Crippen LogP contribution is -2.45. The van der Waals surface area contributed by atoms with Crippen molar-refractivity contribution in [2.24, 2.45) is 0 Å². The monoisotopic (exact) mass is 269 g/mol. The van der Waals surface area contributed by atoms with Crippen molar-refractivity contribution in [1.29, 1.82) is 0 Å². The number of imide groups is 1. The lowest BCUT2D eigenvalue weighted by atomic mass is 9.99. The topological polar surface area (TPSA) is 90.0 Å². The van der Waals surface area contributed by atoms with Crippen LogP contribution in [-0.4, -0.2) is 64.0 Å². The average Bonchev–Trinajstić information content (AvgIpc) is 2.88. The summed E-state index contributed by atoms with van der Waals surface area (Å²) in [5, 5.41) is 12.0. The molecule has 2 unspecified atom stereocenters. The largest absolute Gasteiger partial charge is 0.391 e. The fourth-order valence-electron chi connectivity index (χ4n) is 2.33. The molecule has 0 bridgehead atoms. The fraction of sp³-hybridized carbons (Fsp3) is 0.750. The summed E-state index contributed by atoms with van der Waals surface area (Å²) in [6.45, 7) is 3.94. The van der Waals surface area contributed by atoms with Crippen molar-refractivity contribution in [1.82, 2.24) is 15.1 Å². The zero-order chi connectivity index (χ0) is 14.2. The second kappa shape index (κ2) is 4.80. The van der Waals surface area contributed by atoms with E-state index in [0.717, 1.165) is 4.90 Å². The third kappa shape index (κ3) is 2.42. The quantitative estimate of drug-likeness (QED) is 0.663. The number of aliphatic hydroxyl groups is 1. The molecule has 7 heteroatoms. The van der Waals surface area contributed by atoms with Crippen LogP contribution in [0.15, 0.2) is 0 Å². The van der Waals surface area contributed by atoms with Gasteiger partial charge in [-0.2, -0.15) is 0 Å². The molecule has 7 nitrogen and oxygen atoms in total. The van der Waals surface area contributed by atoms with Gasteiger partial charge in [-0.15, -0.1) is 0 Å². The lowest BCUT2D eigenvalue weighted by Gasteiger charge is -2.21. The lowest BCUT2D eigenvalue weighted by molar-refractivity contribution is -0.138. The minimum Gasteiger partial charge on any atom is -0.391 e. The van der Waals surface area contributed by atoms with E-state index < -0.39 is 17.7 Å². The Kier molecular flexibility index (Phi) is 3.49. The Labute approximate surface area is 111 Å². The molecule has 2 rings (SSSR count). The maximum Gasteiger partial charge on any atom is 0.325 e. The average molecular weight is 269 g/mol. The van der Waals surface area contributed by atoms with Crippen LogP contribution < -0.4 is 5.32 Å². The molecule has 2 N–H and O–H groups in total. The van der Waals surface area contributed by atoms with Crippen LogP contribution in [0.3, 0.4) is 0 Å². The number of carbonyl (C=O) groups is 3. The summed E-state index contributed by atoms with van der Waals surface area (Å²) < 4.78 is 0. The highest BCUT2D eigenvalue weighted by Gasteiger charge is 2.47. The molecule has 0 saturated carbocycles. The van der Waals surface area contributed by atoms with Crippen LogP contribution in [0.25, 0.3) is 0 Å². The minimum absolute atomic E-state index is 0.257. The SMILES string of the molecule is CCC1(C)NC(=O)N(CC(=O)N2CCC(O)C2)C1=O.